The van der Waals surface area contributed by atoms with Crippen LogP contribution in [-0.4, -0.2) is 23.1 Å². The molecule has 3 nitrogen and oxygen atoms in total. The van der Waals surface area contributed by atoms with Gasteiger partial charge in [-0.25, -0.2) is 9.97 Å². The van der Waals surface area contributed by atoms with Crippen LogP contribution < -0.4 is 4.90 Å². The van der Waals surface area contributed by atoms with Crippen molar-refractivity contribution in [2.75, 3.05) is 18.0 Å². The molecule has 4 rings (SSSR count). The number of anilines is 1. The van der Waals surface area contributed by atoms with Crippen LogP contribution in [0.3, 0.4) is 0 Å². The molecule has 0 aliphatic carbocycles. The van der Waals surface area contributed by atoms with Gasteiger partial charge in [-0.2, -0.15) is 0 Å². The number of nitrogens with zero attached hydrogens (tertiary/aromatic N) is 3. The van der Waals surface area contributed by atoms with E-state index in [1.165, 1.54) is 43.1 Å². The molecular formula is C23H27N3. The van der Waals surface area contributed by atoms with Crippen LogP contribution in [0.4, 0.5) is 5.82 Å². The van der Waals surface area contributed by atoms with Gasteiger partial charge in [0.1, 0.15) is 12.1 Å². The maximum atomic E-state index is 4.64. The second-order valence-electron chi connectivity index (χ2n) is 7.89. The number of hydrogen-bond donors (Lipinski definition) is 0. The molecule has 1 aliphatic rings. The molecule has 134 valence electrons. The summed E-state index contributed by atoms with van der Waals surface area (Å²) in [7, 11) is 0. The molecule has 1 fully saturated rings. The number of benzene rings is 2. The Bertz CT molecular complexity index is 856. The average molecular weight is 345 g/mol. The van der Waals surface area contributed by atoms with Crippen LogP contribution in [0.2, 0.25) is 0 Å². The molecular weight excluding hydrogens is 318 g/mol. The van der Waals surface area contributed by atoms with E-state index in [0.29, 0.717) is 5.41 Å². The Kier molecular flexibility index (Phi) is 4.87. The molecule has 3 aromatic rings. The minimum Gasteiger partial charge on any atom is -0.355 e. The second-order valence-corrected chi connectivity index (χ2v) is 7.89. The molecule has 1 saturated heterocycles. The van der Waals surface area contributed by atoms with Crippen LogP contribution in [0.25, 0.3) is 10.9 Å². The van der Waals surface area contributed by atoms with Crippen LogP contribution in [0, 0.1) is 5.41 Å². The lowest BCUT2D eigenvalue weighted by molar-refractivity contribution is 0.235. The maximum absolute atomic E-state index is 4.64. The summed E-state index contributed by atoms with van der Waals surface area (Å²) in [6, 6.07) is 19.2. The third kappa shape index (κ3) is 3.72. The van der Waals surface area contributed by atoms with E-state index in [-0.39, 0.29) is 0 Å². The summed E-state index contributed by atoms with van der Waals surface area (Å²) >= 11 is 0. The summed E-state index contributed by atoms with van der Waals surface area (Å²) in [6.45, 7) is 4.63. The average Bonchev–Trinajstić information content (AvgIpc) is 2.68. The van der Waals surface area contributed by atoms with Gasteiger partial charge in [0.25, 0.3) is 0 Å². The Morgan fingerprint density at radius 2 is 1.81 bits per heavy atom. The Morgan fingerprint density at radius 1 is 1.00 bits per heavy atom. The zero-order valence-electron chi connectivity index (χ0n) is 15.6. The molecule has 26 heavy (non-hydrogen) atoms. The van der Waals surface area contributed by atoms with Gasteiger partial charge in [0.05, 0.1) is 5.52 Å². The number of para-hydroxylation sites is 1. The molecule has 1 atom stereocenters. The fraction of sp³-hybridized carbons (Fsp3) is 0.391. The number of piperidine rings is 1. The van der Waals surface area contributed by atoms with Gasteiger partial charge in [-0.3, -0.25) is 0 Å². The van der Waals surface area contributed by atoms with Gasteiger partial charge in [-0.1, -0.05) is 49.4 Å². The summed E-state index contributed by atoms with van der Waals surface area (Å²) in [5.74, 6) is 1.10. The largest absolute Gasteiger partial charge is 0.355 e. The van der Waals surface area contributed by atoms with E-state index in [1.807, 2.05) is 6.07 Å². The number of aromatic nitrogens is 2. The minimum atomic E-state index is 0.360. The van der Waals surface area contributed by atoms with Crippen molar-refractivity contribution < 1.29 is 0 Å². The van der Waals surface area contributed by atoms with Crippen molar-refractivity contribution in [1.29, 1.82) is 0 Å². The fourth-order valence-electron chi connectivity index (χ4n) is 4.31. The molecule has 0 N–H and O–H groups in total. The molecule has 1 aromatic heterocycles. The van der Waals surface area contributed by atoms with Crippen molar-refractivity contribution in [2.45, 2.75) is 39.0 Å². The van der Waals surface area contributed by atoms with Crippen LogP contribution in [-0.2, 0) is 6.42 Å². The zero-order chi connectivity index (χ0) is 17.8. The summed E-state index contributed by atoms with van der Waals surface area (Å²) in [4.78, 5) is 11.5. The predicted octanol–water partition coefficient (Wildman–Crippen LogP) is 5.26. The van der Waals surface area contributed by atoms with Crippen molar-refractivity contribution in [1.82, 2.24) is 9.97 Å². The Balaban J connectivity index is 1.46. The van der Waals surface area contributed by atoms with Crippen molar-refractivity contribution in [3.05, 3.63) is 66.5 Å². The first-order valence-corrected chi connectivity index (χ1v) is 9.72. The van der Waals surface area contributed by atoms with E-state index in [9.17, 15) is 0 Å². The third-order valence-corrected chi connectivity index (χ3v) is 5.69. The van der Waals surface area contributed by atoms with Crippen molar-refractivity contribution in [2.24, 2.45) is 5.41 Å². The number of aryl methyl sites for hydroxylation is 1. The quantitative estimate of drug-likeness (QED) is 0.631. The van der Waals surface area contributed by atoms with Crippen molar-refractivity contribution in [3.8, 4) is 0 Å². The standard InChI is InChI=1S/C23H27N3/c1-23(14-7-11-19-9-3-2-4-10-19)15-8-16-26(17-23)22-20-12-5-6-13-21(20)24-18-25-22/h2-6,9-10,12-13,18H,7-8,11,14-17H2,1H3. The first-order valence-electron chi connectivity index (χ1n) is 9.72. The summed E-state index contributed by atoms with van der Waals surface area (Å²) in [6.07, 6.45) is 7.94. The molecule has 0 spiro atoms. The molecule has 0 radical (unpaired) electrons. The Morgan fingerprint density at radius 3 is 2.69 bits per heavy atom. The second kappa shape index (κ2) is 7.45. The molecule has 1 aliphatic heterocycles. The Labute approximate surface area is 156 Å². The molecule has 1 unspecified atom stereocenters. The summed E-state index contributed by atoms with van der Waals surface area (Å²) in [5, 5.41) is 1.17. The highest BCUT2D eigenvalue weighted by atomic mass is 15.2. The van der Waals surface area contributed by atoms with Gasteiger partial charge in [-0.15, -0.1) is 0 Å². The topological polar surface area (TPSA) is 29.0 Å². The van der Waals surface area contributed by atoms with Gasteiger partial charge < -0.3 is 4.90 Å². The highest BCUT2D eigenvalue weighted by molar-refractivity contribution is 5.89. The van der Waals surface area contributed by atoms with E-state index in [4.69, 9.17) is 0 Å². The zero-order valence-corrected chi connectivity index (χ0v) is 15.6. The lowest BCUT2D eigenvalue weighted by atomic mass is 9.77. The summed E-state index contributed by atoms with van der Waals surface area (Å²) < 4.78 is 0. The molecule has 3 heteroatoms. The smallest absolute Gasteiger partial charge is 0.139 e. The van der Waals surface area contributed by atoms with E-state index < -0.39 is 0 Å². The minimum absolute atomic E-state index is 0.360. The third-order valence-electron chi connectivity index (χ3n) is 5.69. The lowest BCUT2D eigenvalue weighted by Gasteiger charge is -2.41. The molecule has 0 saturated carbocycles. The maximum Gasteiger partial charge on any atom is 0.139 e. The monoisotopic (exact) mass is 345 g/mol. The van der Waals surface area contributed by atoms with Gasteiger partial charge in [0, 0.05) is 18.5 Å². The van der Waals surface area contributed by atoms with Gasteiger partial charge >= 0.3 is 0 Å². The molecule has 2 heterocycles. The van der Waals surface area contributed by atoms with Gasteiger partial charge in [0.2, 0.25) is 0 Å². The molecule has 0 amide bonds. The number of fused-ring (bicyclic) bond motifs is 1. The van der Waals surface area contributed by atoms with Crippen LogP contribution >= 0.6 is 0 Å². The first kappa shape index (κ1) is 17.0. The Hall–Kier alpha value is -2.42. The van der Waals surface area contributed by atoms with E-state index in [0.717, 1.165) is 24.4 Å². The normalized spacial score (nSPS) is 20.4. The lowest BCUT2D eigenvalue weighted by Crippen LogP contribution is -2.42. The van der Waals surface area contributed by atoms with Crippen molar-refractivity contribution >= 4 is 16.7 Å². The molecule has 0 bridgehead atoms. The van der Waals surface area contributed by atoms with Crippen LogP contribution in [0.1, 0.15) is 38.2 Å². The summed E-state index contributed by atoms with van der Waals surface area (Å²) in [5.41, 5.74) is 2.85. The van der Waals surface area contributed by atoms with E-state index in [2.05, 4.69) is 70.3 Å². The van der Waals surface area contributed by atoms with Gasteiger partial charge in [-0.05, 0) is 55.2 Å². The van der Waals surface area contributed by atoms with E-state index >= 15 is 0 Å². The molecule has 2 aromatic carbocycles. The first-order chi connectivity index (χ1) is 12.7. The SMILES string of the molecule is CC1(CCCc2ccccc2)CCCN(c2ncnc3ccccc23)C1. The van der Waals surface area contributed by atoms with Crippen molar-refractivity contribution in [3.63, 3.8) is 0 Å². The van der Waals surface area contributed by atoms with Crippen LogP contribution in [0.15, 0.2) is 60.9 Å². The highest BCUT2D eigenvalue weighted by Gasteiger charge is 2.31. The van der Waals surface area contributed by atoms with Crippen LogP contribution in [0.5, 0.6) is 0 Å². The predicted molar refractivity (Wildman–Crippen MR) is 108 cm³/mol. The highest BCUT2D eigenvalue weighted by Crippen LogP contribution is 2.37. The van der Waals surface area contributed by atoms with Gasteiger partial charge in [0.15, 0.2) is 0 Å². The number of hydrogen-bond acceptors (Lipinski definition) is 3. The number of rotatable bonds is 5. The van der Waals surface area contributed by atoms with E-state index in [1.54, 1.807) is 6.33 Å². The fourth-order valence-corrected chi connectivity index (χ4v) is 4.31.